The minimum atomic E-state index is -0.501. The Bertz CT molecular complexity index is 1590. The summed E-state index contributed by atoms with van der Waals surface area (Å²) in [6.45, 7) is 5.74. The van der Waals surface area contributed by atoms with Gasteiger partial charge in [-0.3, -0.25) is 24.0 Å². The molecule has 3 N–H and O–H groups in total. The highest BCUT2D eigenvalue weighted by Crippen LogP contribution is 2.27. The Labute approximate surface area is 288 Å². The van der Waals surface area contributed by atoms with E-state index in [1.165, 1.54) is 22.7 Å². The Morgan fingerprint density at radius 1 is 0.854 bits per heavy atom. The van der Waals surface area contributed by atoms with Crippen molar-refractivity contribution in [2.24, 2.45) is 5.92 Å². The van der Waals surface area contributed by atoms with Gasteiger partial charge >= 0.3 is 0 Å². The third kappa shape index (κ3) is 9.69. The fourth-order valence-corrected chi connectivity index (χ4v) is 7.55. The summed E-state index contributed by atoms with van der Waals surface area (Å²) in [5.74, 6) is -0.797. The lowest BCUT2D eigenvalue weighted by Crippen LogP contribution is -2.42. The number of hydrogen-bond acceptors (Lipinski definition) is 9. The molecule has 48 heavy (non-hydrogen) atoms. The van der Waals surface area contributed by atoms with E-state index in [0.717, 1.165) is 12.0 Å². The van der Waals surface area contributed by atoms with Gasteiger partial charge in [-0.25, -0.2) is 9.97 Å². The molecule has 1 fully saturated rings. The number of nitrogens with one attached hydrogen (secondary N) is 3. The first kappa shape index (κ1) is 35.1. The molecule has 14 heteroatoms. The van der Waals surface area contributed by atoms with Crippen LogP contribution >= 0.6 is 22.7 Å². The van der Waals surface area contributed by atoms with E-state index < -0.39 is 6.04 Å². The Morgan fingerprint density at radius 2 is 1.52 bits per heavy atom. The van der Waals surface area contributed by atoms with Crippen LogP contribution in [0.1, 0.15) is 101 Å². The molecule has 1 aromatic carbocycles. The molecule has 1 saturated heterocycles. The zero-order valence-corrected chi connectivity index (χ0v) is 29.0. The molecule has 0 aliphatic carbocycles. The maximum Gasteiger partial charge on any atom is 0.271 e. The van der Waals surface area contributed by atoms with Gasteiger partial charge in [0.15, 0.2) is 0 Å². The molecule has 0 unspecified atom stereocenters. The van der Waals surface area contributed by atoms with Crippen LogP contribution in [0.15, 0.2) is 41.1 Å². The molecular formula is C34H43N7O5S2. The van der Waals surface area contributed by atoms with Gasteiger partial charge in [0.2, 0.25) is 17.7 Å². The molecule has 12 nitrogen and oxygen atoms in total. The normalized spacial score (nSPS) is 20.2. The summed E-state index contributed by atoms with van der Waals surface area (Å²) in [6.07, 6.45) is 3.43. The first-order valence-electron chi connectivity index (χ1n) is 16.5. The summed E-state index contributed by atoms with van der Waals surface area (Å²) in [6, 6.07) is 8.88. The predicted octanol–water partition coefficient (Wildman–Crippen LogP) is 3.88. The number of hydrogen-bond donors (Lipinski definition) is 3. The molecule has 2 aliphatic rings. The maximum absolute atomic E-state index is 13.5. The summed E-state index contributed by atoms with van der Waals surface area (Å²) in [5, 5.41) is 13.7. The number of carbonyl (C=O) groups excluding carboxylic acids is 5. The van der Waals surface area contributed by atoms with Gasteiger partial charge in [0.1, 0.15) is 21.4 Å². The SMILES string of the molecule is CC(C)C[C@@H]1NC(=O)CCCN(C(=O)CN2CCCC2=O)CCCNC(=O)c2csc(n2)[C@H](Cc2ccccc2)NC(=O)c2csc1n2. The first-order chi connectivity index (χ1) is 23.2. The standard InChI is InChI=1S/C34H43N7O5S2/c1-22(2)17-24-33-39-27(21-48-33)32(46)37-25(18-23-9-4-3-5-10-23)34-38-26(20-47-34)31(45)35-13-8-16-40(14-6-11-28(42)36-24)30(44)19-41-15-7-12-29(41)43/h3-5,9-10,20-22,24-25H,6-8,11-19H2,1-2H3,(H,35,45)(H,36,42)(H,37,46)/t24-,25-/m0/s1. The Hall–Kier alpha value is -4.17. The third-order valence-corrected chi connectivity index (χ3v) is 10.2. The second-order valence-corrected chi connectivity index (χ2v) is 14.4. The molecule has 4 heterocycles. The van der Waals surface area contributed by atoms with Crippen molar-refractivity contribution in [3.63, 3.8) is 0 Å². The van der Waals surface area contributed by atoms with Crippen molar-refractivity contribution in [2.75, 3.05) is 32.7 Å². The summed E-state index contributed by atoms with van der Waals surface area (Å²) in [4.78, 5) is 77.7. The van der Waals surface area contributed by atoms with Crippen molar-refractivity contribution >= 4 is 52.2 Å². The highest BCUT2D eigenvalue weighted by Gasteiger charge is 2.27. The van der Waals surface area contributed by atoms with E-state index in [1.54, 1.807) is 20.6 Å². The number of likely N-dealkylation sites (tertiary alicyclic amines) is 1. The molecular weight excluding hydrogens is 651 g/mol. The second-order valence-electron chi connectivity index (χ2n) is 12.6. The average Bonchev–Trinajstić information content (AvgIpc) is 3.83. The lowest BCUT2D eigenvalue weighted by atomic mass is 10.0. The van der Waals surface area contributed by atoms with Crippen LogP contribution in [0.4, 0.5) is 0 Å². The van der Waals surface area contributed by atoms with Gasteiger partial charge in [0.25, 0.3) is 11.8 Å². The van der Waals surface area contributed by atoms with Crippen molar-refractivity contribution in [2.45, 2.75) is 70.9 Å². The molecule has 5 rings (SSSR count). The van der Waals surface area contributed by atoms with E-state index in [2.05, 4.69) is 39.8 Å². The van der Waals surface area contributed by atoms with Crippen LogP contribution in [0.25, 0.3) is 0 Å². The van der Waals surface area contributed by atoms with Gasteiger partial charge in [-0.1, -0.05) is 44.2 Å². The lowest BCUT2D eigenvalue weighted by molar-refractivity contribution is -0.138. The van der Waals surface area contributed by atoms with Crippen LogP contribution < -0.4 is 16.0 Å². The highest BCUT2D eigenvalue weighted by molar-refractivity contribution is 7.10. The zero-order valence-electron chi connectivity index (χ0n) is 27.4. The smallest absolute Gasteiger partial charge is 0.271 e. The first-order valence-corrected chi connectivity index (χ1v) is 18.3. The number of amides is 5. The number of rotatable bonds is 6. The Balaban J connectivity index is 1.38. The largest absolute Gasteiger partial charge is 0.351 e. The Morgan fingerprint density at radius 3 is 2.21 bits per heavy atom. The second kappa shape index (κ2) is 16.8. The van der Waals surface area contributed by atoms with Gasteiger partial charge in [-0.2, -0.15) is 0 Å². The number of fused-ring (bicyclic) bond motifs is 4. The van der Waals surface area contributed by atoms with Crippen LogP contribution in [-0.4, -0.2) is 82.0 Å². The molecule has 0 spiro atoms. The number of benzene rings is 1. The maximum atomic E-state index is 13.5. The topological polar surface area (TPSA) is 154 Å². The predicted molar refractivity (Wildman–Crippen MR) is 183 cm³/mol. The molecule has 0 radical (unpaired) electrons. The van der Waals surface area contributed by atoms with Crippen molar-refractivity contribution in [1.29, 1.82) is 0 Å². The Kier molecular flexibility index (Phi) is 12.3. The molecule has 0 saturated carbocycles. The fraction of sp³-hybridized carbons (Fsp3) is 0.500. The van der Waals surface area contributed by atoms with E-state index in [-0.39, 0.29) is 65.8 Å². The molecule has 256 valence electrons. The van der Waals surface area contributed by atoms with Gasteiger partial charge in [0.05, 0.1) is 18.6 Å². The van der Waals surface area contributed by atoms with E-state index in [9.17, 15) is 24.0 Å². The van der Waals surface area contributed by atoms with E-state index in [0.29, 0.717) is 68.3 Å². The monoisotopic (exact) mass is 693 g/mol. The quantitative estimate of drug-likeness (QED) is 0.354. The zero-order chi connectivity index (χ0) is 34.0. The summed E-state index contributed by atoms with van der Waals surface area (Å²) in [5.41, 5.74) is 1.51. The van der Waals surface area contributed by atoms with Crippen LogP contribution in [0.2, 0.25) is 0 Å². The van der Waals surface area contributed by atoms with E-state index in [1.807, 2.05) is 30.3 Å². The van der Waals surface area contributed by atoms with Crippen molar-refractivity contribution in [3.8, 4) is 0 Å². The van der Waals surface area contributed by atoms with Crippen LogP contribution in [-0.2, 0) is 20.8 Å². The van der Waals surface area contributed by atoms with Crippen molar-refractivity contribution in [3.05, 3.63) is 68.1 Å². The van der Waals surface area contributed by atoms with Crippen LogP contribution in [0, 0.1) is 5.92 Å². The van der Waals surface area contributed by atoms with Gasteiger partial charge in [-0.05, 0) is 43.6 Å². The molecule has 4 bridgehead atoms. The number of nitrogens with zero attached hydrogens (tertiary/aromatic N) is 4. The number of thiazole rings is 2. The fourth-order valence-electron chi connectivity index (χ4n) is 5.83. The average molecular weight is 694 g/mol. The van der Waals surface area contributed by atoms with Gasteiger partial charge in [-0.15, -0.1) is 22.7 Å². The van der Waals surface area contributed by atoms with Gasteiger partial charge in [0, 0.05) is 49.8 Å². The number of aromatic nitrogens is 2. The summed E-state index contributed by atoms with van der Waals surface area (Å²) in [7, 11) is 0. The lowest BCUT2D eigenvalue weighted by Gasteiger charge is -2.26. The summed E-state index contributed by atoms with van der Waals surface area (Å²) < 4.78 is 0. The minimum Gasteiger partial charge on any atom is -0.351 e. The minimum absolute atomic E-state index is 0.0126. The van der Waals surface area contributed by atoms with Crippen LogP contribution in [0.5, 0.6) is 0 Å². The molecule has 2 aromatic heterocycles. The number of carbonyl (C=O) groups is 5. The van der Waals surface area contributed by atoms with Gasteiger partial charge < -0.3 is 25.8 Å². The van der Waals surface area contributed by atoms with Crippen LogP contribution in [0.3, 0.4) is 0 Å². The molecule has 2 aliphatic heterocycles. The molecule has 5 amide bonds. The van der Waals surface area contributed by atoms with Crippen molar-refractivity contribution < 1.29 is 24.0 Å². The third-order valence-electron chi connectivity index (χ3n) is 8.31. The summed E-state index contributed by atoms with van der Waals surface area (Å²) >= 11 is 2.63. The molecule has 2 atom stereocenters. The van der Waals surface area contributed by atoms with Crippen molar-refractivity contribution in [1.82, 2.24) is 35.7 Å². The van der Waals surface area contributed by atoms with E-state index in [4.69, 9.17) is 0 Å². The highest BCUT2D eigenvalue weighted by atomic mass is 32.1. The molecule has 3 aromatic rings. The van der Waals surface area contributed by atoms with E-state index >= 15 is 0 Å².